The fourth-order valence-corrected chi connectivity index (χ4v) is 2.56. The van der Waals surface area contributed by atoms with Gasteiger partial charge in [-0.25, -0.2) is 4.79 Å². The van der Waals surface area contributed by atoms with Crippen molar-refractivity contribution in [3.05, 3.63) is 24.2 Å². The van der Waals surface area contributed by atoms with Crippen LogP contribution in [0.2, 0.25) is 0 Å². The molecule has 1 aliphatic rings. The minimum Gasteiger partial charge on any atom is -0.468 e. The molecule has 2 atom stereocenters. The van der Waals surface area contributed by atoms with Crippen molar-refractivity contribution in [2.24, 2.45) is 0 Å². The average molecular weight is 294 g/mol. The molecule has 5 heteroatoms. The molecule has 1 aliphatic heterocycles. The molecule has 21 heavy (non-hydrogen) atoms. The maximum Gasteiger partial charge on any atom is 0.410 e. The monoisotopic (exact) mass is 294 g/mol. The topological polar surface area (TPSA) is 54.7 Å². The van der Waals surface area contributed by atoms with E-state index in [0.717, 1.165) is 31.7 Å². The van der Waals surface area contributed by atoms with Crippen LogP contribution in [0.3, 0.4) is 0 Å². The van der Waals surface area contributed by atoms with Crippen LogP contribution >= 0.6 is 0 Å². The molecule has 0 saturated carbocycles. The van der Waals surface area contributed by atoms with Crippen molar-refractivity contribution >= 4 is 6.09 Å². The quantitative estimate of drug-likeness (QED) is 0.925. The van der Waals surface area contributed by atoms with Crippen LogP contribution in [0.1, 0.15) is 52.3 Å². The zero-order valence-electron chi connectivity index (χ0n) is 13.4. The van der Waals surface area contributed by atoms with Crippen LogP contribution in [-0.4, -0.2) is 35.7 Å². The van der Waals surface area contributed by atoms with Gasteiger partial charge >= 0.3 is 6.09 Å². The lowest BCUT2D eigenvalue weighted by atomic mass is 10.2. The third-order valence-electron chi connectivity index (χ3n) is 3.63. The number of carbonyl (C=O) groups is 1. The van der Waals surface area contributed by atoms with Gasteiger partial charge in [0, 0.05) is 19.1 Å². The molecule has 0 radical (unpaired) electrons. The largest absolute Gasteiger partial charge is 0.468 e. The maximum absolute atomic E-state index is 12.2. The van der Waals surface area contributed by atoms with Crippen molar-refractivity contribution in [1.82, 2.24) is 10.2 Å². The zero-order valence-corrected chi connectivity index (χ0v) is 13.4. The van der Waals surface area contributed by atoms with Gasteiger partial charge in [-0.3, -0.25) is 0 Å². The van der Waals surface area contributed by atoms with E-state index < -0.39 is 5.60 Å². The van der Waals surface area contributed by atoms with E-state index in [2.05, 4.69) is 12.2 Å². The lowest BCUT2D eigenvalue weighted by Gasteiger charge is -2.29. The lowest BCUT2D eigenvalue weighted by Crippen LogP contribution is -2.44. The van der Waals surface area contributed by atoms with Crippen LogP contribution in [0, 0.1) is 0 Å². The van der Waals surface area contributed by atoms with Crippen molar-refractivity contribution < 1.29 is 13.9 Å². The number of nitrogens with one attached hydrogen (secondary N) is 1. The smallest absolute Gasteiger partial charge is 0.410 e. The maximum atomic E-state index is 12.2. The molecule has 1 amide bonds. The van der Waals surface area contributed by atoms with Gasteiger partial charge in [0.05, 0.1) is 12.3 Å². The Morgan fingerprint density at radius 1 is 1.57 bits per heavy atom. The number of carbonyl (C=O) groups excluding carboxylic acids is 1. The number of nitrogens with zero attached hydrogens (tertiary/aromatic N) is 1. The molecule has 2 rings (SSSR count). The normalized spacial score (nSPS) is 20.6. The van der Waals surface area contributed by atoms with Crippen molar-refractivity contribution in [3.63, 3.8) is 0 Å². The summed E-state index contributed by atoms with van der Waals surface area (Å²) in [6.07, 6.45) is 3.51. The number of amides is 1. The van der Waals surface area contributed by atoms with Gasteiger partial charge in [-0.05, 0) is 52.7 Å². The summed E-state index contributed by atoms with van der Waals surface area (Å²) in [7, 11) is 0. The Morgan fingerprint density at radius 2 is 2.33 bits per heavy atom. The second kappa shape index (κ2) is 6.52. The fraction of sp³-hybridized carbons (Fsp3) is 0.688. The van der Waals surface area contributed by atoms with Gasteiger partial charge in [-0.15, -0.1) is 0 Å². The average Bonchev–Trinajstić information content (AvgIpc) is 3.04. The van der Waals surface area contributed by atoms with Gasteiger partial charge in [0.15, 0.2) is 0 Å². The standard InChI is InChI=1S/C16H26N2O3/c1-12(14-8-6-10-20-14)17-11-13-7-5-9-18(13)15(19)21-16(2,3)4/h6,8,10,12-13,17H,5,7,9,11H2,1-4H3. The van der Waals surface area contributed by atoms with Crippen LogP contribution in [0.4, 0.5) is 4.79 Å². The Kier molecular flexibility index (Phi) is 4.93. The third kappa shape index (κ3) is 4.49. The van der Waals surface area contributed by atoms with E-state index in [9.17, 15) is 4.79 Å². The summed E-state index contributed by atoms with van der Waals surface area (Å²) < 4.78 is 10.9. The first-order valence-electron chi connectivity index (χ1n) is 7.63. The first-order chi connectivity index (χ1) is 9.87. The summed E-state index contributed by atoms with van der Waals surface area (Å²) in [4.78, 5) is 14.0. The van der Waals surface area contributed by atoms with Gasteiger partial charge in [-0.2, -0.15) is 0 Å². The number of furan rings is 1. The second-order valence-corrected chi connectivity index (χ2v) is 6.62. The fourth-order valence-electron chi connectivity index (χ4n) is 2.56. The van der Waals surface area contributed by atoms with Crippen molar-refractivity contribution in [2.75, 3.05) is 13.1 Å². The van der Waals surface area contributed by atoms with E-state index in [1.165, 1.54) is 0 Å². The van der Waals surface area contributed by atoms with Gasteiger partial charge in [-0.1, -0.05) is 0 Å². The first kappa shape index (κ1) is 15.9. The predicted octanol–water partition coefficient (Wildman–Crippen LogP) is 3.33. The number of hydrogen-bond donors (Lipinski definition) is 1. The van der Waals surface area contributed by atoms with Crippen molar-refractivity contribution in [2.45, 2.75) is 58.2 Å². The number of hydrogen-bond acceptors (Lipinski definition) is 4. The van der Waals surface area contributed by atoms with Crippen LogP contribution in [0.25, 0.3) is 0 Å². The molecular weight excluding hydrogens is 268 g/mol. The molecule has 0 aromatic carbocycles. The van der Waals surface area contributed by atoms with E-state index in [0.29, 0.717) is 0 Å². The highest BCUT2D eigenvalue weighted by Crippen LogP contribution is 2.21. The number of ether oxygens (including phenoxy) is 1. The summed E-state index contributed by atoms with van der Waals surface area (Å²) in [6.45, 7) is 9.27. The highest BCUT2D eigenvalue weighted by atomic mass is 16.6. The van der Waals surface area contributed by atoms with Crippen LogP contribution in [0.15, 0.2) is 22.8 Å². The van der Waals surface area contributed by atoms with Gasteiger partial charge in [0.25, 0.3) is 0 Å². The summed E-state index contributed by atoms with van der Waals surface area (Å²) in [6, 6.07) is 4.17. The Hall–Kier alpha value is -1.49. The van der Waals surface area contributed by atoms with Gasteiger partial charge < -0.3 is 19.4 Å². The van der Waals surface area contributed by atoms with E-state index in [-0.39, 0.29) is 18.2 Å². The molecule has 0 spiro atoms. The minimum atomic E-state index is -0.445. The summed E-state index contributed by atoms with van der Waals surface area (Å²) in [5.41, 5.74) is -0.445. The molecule has 1 saturated heterocycles. The Morgan fingerprint density at radius 3 is 2.95 bits per heavy atom. The van der Waals surface area contributed by atoms with Crippen LogP contribution in [-0.2, 0) is 4.74 Å². The van der Waals surface area contributed by atoms with Crippen molar-refractivity contribution in [3.8, 4) is 0 Å². The zero-order chi connectivity index (χ0) is 15.5. The summed E-state index contributed by atoms with van der Waals surface area (Å²) >= 11 is 0. The predicted molar refractivity (Wildman–Crippen MR) is 81.1 cm³/mol. The number of likely N-dealkylation sites (tertiary alicyclic amines) is 1. The van der Waals surface area contributed by atoms with E-state index in [1.54, 1.807) is 6.26 Å². The highest BCUT2D eigenvalue weighted by molar-refractivity contribution is 5.69. The molecule has 2 unspecified atom stereocenters. The summed E-state index contributed by atoms with van der Waals surface area (Å²) in [5, 5.41) is 3.43. The van der Waals surface area contributed by atoms with E-state index >= 15 is 0 Å². The molecule has 0 aliphatic carbocycles. The molecule has 1 aromatic heterocycles. The van der Waals surface area contributed by atoms with Gasteiger partial charge in [0.2, 0.25) is 0 Å². The molecule has 2 heterocycles. The van der Waals surface area contributed by atoms with E-state index in [1.807, 2.05) is 37.8 Å². The molecule has 1 fully saturated rings. The van der Waals surface area contributed by atoms with Gasteiger partial charge in [0.1, 0.15) is 11.4 Å². The third-order valence-corrected chi connectivity index (χ3v) is 3.63. The SMILES string of the molecule is CC(NCC1CCCN1C(=O)OC(C)(C)C)c1ccco1. The Labute approximate surface area is 126 Å². The minimum absolute atomic E-state index is 0.140. The Bertz CT molecular complexity index is 451. The van der Waals surface area contributed by atoms with Crippen LogP contribution in [0.5, 0.6) is 0 Å². The van der Waals surface area contributed by atoms with E-state index in [4.69, 9.17) is 9.15 Å². The first-order valence-corrected chi connectivity index (χ1v) is 7.63. The number of rotatable bonds is 4. The highest BCUT2D eigenvalue weighted by Gasteiger charge is 2.32. The summed E-state index contributed by atoms with van der Waals surface area (Å²) in [5.74, 6) is 0.914. The Balaban J connectivity index is 1.86. The van der Waals surface area contributed by atoms with Crippen LogP contribution < -0.4 is 5.32 Å². The van der Waals surface area contributed by atoms with Crippen molar-refractivity contribution in [1.29, 1.82) is 0 Å². The second-order valence-electron chi connectivity index (χ2n) is 6.62. The molecule has 0 bridgehead atoms. The molecule has 1 N–H and O–H groups in total. The molecule has 1 aromatic rings. The molecular formula is C16H26N2O3. The molecule has 118 valence electrons. The lowest BCUT2D eigenvalue weighted by molar-refractivity contribution is 0.0224. The molecule has 5 nitrogen and oxygen atoms in total.